The molecule has 0 aromatic heterocycles. The predicted octanol–water partition coefficient (Wildman–Crippen LogP) is 5.20. The number of hydrogen-bond donors (Lipinski definition) is 2. The van der Waals surface area contributed by atoms with Crippen molar-refractivity contribution in [3.63, 3.8) is 0 Å². The maximum atomic E-state index is 12.9. The zero-order chi connectivity index (χ0) is 24.5. The van der Waals surface area contributed by atoms with Gasteiger partial charge in [0.15, 0.2) is 0 Å². The highest BCUT2D eigenvalue weighted by Crippen LogP contribution is 2.34. The van der Waals surface area contributed by atoms with Crippen molar-refractivity contribution >= 4 is 12.0 Å². The molecule has 0 radical (unpaired) electrons. The van der Waals surface area contributed by atoms with E-state index in [-0.39, 0.29) is 24.2 Å². The van der Waals surface area contributed by atoms with Crippen LogP contribution in [0, 0.1) is 6.92 Å². The summed E-state index contributed by atoms with van der Waals surface area (Å²) < 4.78 is 5.06. The number of benzene rings is 3. The summed E-state index contributed by atoms with van der Waals surface area (Å²) in [5, 5.41) is 13.6. The number of phenolic OH excluding ortho intramolecular Hbond substituents is 1. The van der Waals surface area contributed by atoms with Crippen molar-refractivity contribution in [3.05, 3.63) is 89.0 Å². The van der Waals surface area contributed by atoms with Crippen LogP contribution in [0.4, 0.5) is 4.79 Å². The van der Waals surface area contributed by atoms with Crippen LogP contribution in [0.1, 0.15) is 36.1 Å². The SMILES string of the molecule is CCOC(=O)Cc1ccc(O)c(-c2ccc(C)cc2CN(CC)C(=O)NCc2ccccc2)c1. The molecule has 34 heavy (non-hydrogen) atoms. The lowest BCUT2D eigenvalue weighted by molar-refractivity contribution is -0.142. The largest absolute Gasteiger partial charge is 0.507 e. The normalized spacial score (nSPS) is 10.6. The van der Waals surface area contributed by atoms with Crippen LogP contribution in [0.15, 0.2) is 66.7 Å². The summed E-state index contributed by atoms with van der Waals surface area (Å²) in [7, 11) is 0. The number of phenols is 1. The first-order valence-corrected chi connectivity index (χ1v) is 11.5. The van der Waals surface area contributed by atoms with Crippen molar-refractivity contribution in [1.82, 2.24) is 10.2 Å². The Hall–Kier alpha value is -3.80. The Balaban J connectivity index is 1.84. The van der Waals surface area contributed by atoms with Crippen LogP contribution in [0.2, 0.25) is 0 Å². The van der Waals surface area contributed by atoms with Gasteiger partial charge in [0.05, 0.1) is 13.0 Å². The minimum Gasteiger partial charge on any atom is -0.507 e. The molecular weight excluding hydrogens is 428 g/mol. The second-order valence-electron chi connectivity index (χ2n) is 8.15. The minimum absolute atomic E-state index is 0.120. The van der Waals surface area contributed by atoms with Crippen molar-refractivity contribution in [2.24, 2.45) is 0 Å². The fraction of sp³-hybridized carbons (Fsp3) is 0.286. The molecule has 0 fully saturated rings. The summed E-state index contributed by atoms with van der Waals surface area (Å²) in [6, 6.07) is 20.7. The third kappa shape index (κ3) is 6.61. The monoisotopic (exact) mass is 460 g/mol. The molecule has 3 aromatic carbocycles. The fourth-order valence-corrected chi connectivity index (χ4v) is 3.82. The van der Waals surface area contributed by atoms with E-state index in [0.717, 1.165) is 27.8 Å². The average molecular weight is 461 g/mol. The molecule has 0 aliphatic rings. The smallest absolute Gasteiger partial charge is 0.317 e. The Morgan fingerprint density at radius 1 is 0.941 bits per heavy atom. The number of ether oxygens (including phenoxy) is 1. The average Bonchev–Trinajstić information content (AvgIpc) is 2.83. The summed E-state index contributed by atoms with van der Waals surface area (Å²) in [5.41, 5.74) is 5.21. The van der Waals surface area contributed by atoms with E-state index in [9.17, 15) is 14.7 Å². The second-order valence-corrected chi connectivity index (χ2v) is 8.15. The highest BCUT2D eigenvalue weighted by Gasteiger charge is 2.17. The molecule has 3 aromatic rings. The van der Waals surface area contributed by atoms with E-state index in [1.807, 2.05) is 68.4 Å². The molecule has 2 amide bonds. The van der Waals surface area contributed by atoms with Crippen molar-refractivity contribution in [3.8, 4) is 16.9 Å². The van der Waals surface area contributed by atoms with Gasteiger partial charge in [-0.25, -0.2) is 4.79 Å². The Morgan fingerprint density at radius 3 is 2.41 bits per heavy atom. The quantitative estimate of drug-likeness (QED) is 0.430. The van der Waals surface area contributed by atoms with Gasteiger partial charge in [-0.2, -0.15) is 0 Å². The summed E-state index contributed by atoms with van der Waals surface area (Å²) >= 11 is 0. The molecule has 0 saturated heterocycles. The van der Waals surface area contributed by atoms with Crippen molar-refractivity contribution < 1.29 is 19.4 Å². The summed E-state index contributed by atoms with van der Waals surface area (Å²) in [6.45, 7) is 7.40. The number of carbonyl (C=O) groups is 2. The number of carbonyl (C=O) groups excluding carboxylic acids is 2. The van der Waals surface area contributed by atoms with Crippen molar-refractivity contribution in [1.29, 1.82) is 0 Å². The van der Waals surface area contributed by atoms with Gasteiger partial charge in [0.25, 0.3) is 0 Å². The zero-order valence-corrected chi connectivity index (χ0v) is 20.0. The Morgan fingerprint density at radius 2 is 1.71 bits per heavy atom. The number of nitrogens with one attached hydrogen (secondary N) is 1. The lowest BCUT2D eigenvalue weighted by atomic mass is 9.94. The van der Waals surface area contributed by atoms with E-state index in [0.29, 0.717) is 31.8 Å². The third-order valence-corrected chi connectivity index (χ3v) is 5.58. The first-order valence-electron chi connectivity index (χ1n) is 11.5. The number of rotatable bonds is 9. The molecule has 178 valence electrons. The van der Waals surface area contributed by atoms with Gasteiger partial charge in [0, 0.05) is 25.2 Å². The number of hydrogen-bond acceptors (Lipinski definition) is 4. The zero-order valence-electron chi connectivity index (χ0n) is 20.0. The van der Waals surface area contributed by atoms with E-state index in [1.165, 1.54) is 0 Å². The van der Waals surface area contributed by atoms with Crippen LogP contribution in [0.3, 0.4) is 0 Å². The number of amides is 2. The molecular formula is C28H32N2O4. The standard InChI is InChI=1S/C28H32N2O4/c1-4-30(28(33)29-18-21-9-7-6-8-10-21)19-23-15-20(3)11-13-24(23)25-16-22(12-14-26(25)31)17-27(32)34-5-2/h6-16,31H,4-5,17-19H2,1-3H3,(H,29,33). The summed E-state index contributed by atoms with van der Waals surface area (Å²) in [6.07, 6.45) is 0.130. The Labute approximate surface area is 201 Å². The van der Waals surface area contributed by atoms with Crippen molar-refractivity contribution in [2.75, 3.05) is 13.2 Å². The van der Waals surface area contributed by atoms with Gasteiger partial charge in [0.1, 0.15) is 5.75 Å². The van der Waals surface area contributed by atoms with E-state index < -0.39 is 0 Å². The molecule has 0 aliphatic heterocycles. The number of aromatic hydroxyl groups is 1. The maximum absolute atomic E-state index is 12.9. The second kappa shape index (κ2) is 11.9. The first kappa shape index (κ1) is 24.8. The van der Waals surface area contributed by atoms with Crippen LogP contribution >= 0.6 is 0 Å². The Bertz CT molecular complexity index is 1130. The van der Waals surface area contributed by atoms with Gasteiger partial charge in [-0.3, -0.25) is 4.79 Å². The van der Waals surface area contributed by atoms with E-state index in [2.05, 4.69) is 5.32 Å². The number of aryl methyl sites for hydroxylation is 1. The van der Waals surface area contributed by atoms with Gasteiger partial charge in [0.2, 0.25) is 0 Å². The molecule has 0 heterocycles. The van der Waals surface area contributed by atoms with Crippen molar-refractivity contribution in [2.45, 2.75) is 40.3 Å². The molecule has 0 saturated carbocycles. The van der Waals surface area contributed by atoms with Crippen LogP contribution < -0.4 is 5.32 Å². The third-order valence-electron chi connectivity index (χ3n) is 5.58. The summed E-state index contributed by atoms with van der Waals surface area (Å²) in [5.74, 6) is -0.190. The van der Waals surface area contributed by atoms with E-state index in [4.69, 9.17) is 4.74 Å². The highest BCUT2D eigenvalue weighted by molar-refractivity contribution is 5.78. The van der Waals surface area contributed by atoms with E-state index >= 15 is 0 Å². The lowest BCUT2D eigenvalue weighted by Crippen LogP contribution is -2.39. The first-order chi connectivity index (χ1) is 16.4. The van der Waals surface area contributed by atoms with Crippen LogP contribution in [-0.2, 0) is 29.0 Å². The predicted molar refractivity (Wildman–Crippen MR) is 133 cm³/mol. The molecule has 0 bridgehead atoms. The number of esters is 1. The molecule has 2 N–H and O–H groups in total. The summed E-state index contributed by atoms with van der Waals surface area (Å²) in [4.78, 5) is 26.6. The number of nitrogens with zero attached hydrogens (tertiary/aromatic N) is 1. The molecule has 0 aliphatic carbocycles. The van der Waals surface area contributed by atoms with Gasteiger partial charge in [-0.1, -0.05) is 60.2 Å². The lowest BCUT2D eigenvalue weighted by Gasteiger charge is -2.24. The number of urea groups is 1. The molecule has 0 spiro atoms. The van der Waals surface area contributed by atoms with Crippen LogP contribution in [-0.4, -0.2) is 35.2 Å². The molecule has 3 rings (SSSR count). The van der Waals surface area contributed by atoms with Crippen LogP contribution in [0.25, 0.3) is 11.1 Å². The van der Waals surface area contributed by atoms with Gasteiger partial charge in [-0.15, -0.1) is 0 Å². The molecule has 6 nitrogen and oxygen atoms in total. The van der Waals surface area contributed by atoms with Gasteiger partial charge < -0.3 is 20.1 Å². The van der Waals surface area contributed by atoms with E-state index in [1.54, 1.807) is 24.0 Å². The highest BCUT2D eigenvalue weighted by atomic mass is 16.5. The van der Waals surface area contributed by atoms with Crippen LogP contribution in [0.5, 0.6) is 5.75 Å². The fourth-order valence-electron chi connectivity index (χ4n) is 3.82. The minimum atomic E-state index is -0.310. The molecule has 6 heteroatoms. The van der Waals surface area contributed by atoms with Gasteiger partial charge in [-0.05, 0) is 55.2 Å². The van der Waals surface area contributed by atoms with Gasteiger partial charge >= 0.3 is 12.0 Å². The molecule has 0 unspecified atom stereocenters. The molecule has 0 atom stereocenters. The topological polar surface area (TPSA) is 78.9 Å². The maximum Gasteiger partial charge on any atom is 0.317 e. The Kier molecular flexibility index (Phi) is 8.68.